The minimum absolute atomic E-state index is 0.838. The molecular weight excluding hydrogens is 228 g/mol. The number of hydrogen-bond acceptors (Lipinski definition) is 0. The van der Waals surface area contributed by atoms with E-state index in [0.29, 0.717) is 0 Å². The molecule has 0 N–H and O–H groups in total. The first-order valence-electron chi connectivity index (χ1n) is 8.38. The van der Waals surface area contributed by atoms with Crippen molar-refractivity contribution in [2.75, 3.05) is 0 Å². The van der Waals surface area contributed by atoms with Gasteiger partial charge in [0.1, 0.15) is 0 Å². The van der Waals surface area contributed by atoms with Crippen molar-refractivity contribution in [1.29, 1.82) is 0 Å². The first kappa shape index (κ1) is 14.6. The SMILES string of the molecule is CCCCCCc1ccc(C2CCC(C)CC2)cc1. The van der Waals surface area contributed by atoms with Crippen molar-refractivity contribution in [1.82, 2.24) is 0 Å². The Morgan fingerprint density at radius 3 is 2.21 bits per heavy atom. The molecule has 0 heteroatoms. The average Bonchev–Trinajstić information content (AvgIpc) is 2.45. The Kier molecular flexibility index (Phi) is 5.94. The van der Waals surface area contributed by atoms with Crippen LogP contribution in [0.4, 0.5) is 0 Å². The van der Waals surface area contributed by atoms with Gasteiger partial charge in [-0.25, -0.2) is 0 Å². The predicted molar refractivity (Wildman–Crippen MR) is 84.7 cm³/mol. The van der Waals surface area contributed by atoms with Gasteiger partial charge in [0, 0.05) is 0 Å². The van der Waals surface area contributed by atoms with E-state index in [4.69, 9.17) is 0 Å². The molecule has 0 saturated heterocycles. The van der Waals surface area contributed by atoms with Gasteiger partial charge in [0.2, 0.25) is 0 Å². The maximum atomic E-state index is 2.40. The summed E-state index contributed by atoms with van der Waals surface area (Å²) in [5.74, 6) is 1.79. The Morgan fingerprint density at radius 2 is 1.58 bits per heavy atom. The molecule has 0 unspecified atom stereocenters. The van der Waals surface area contributed by atoms with E-state index in [2.05, 4.69) is 38.1 Å². The summed E-state index contributed by atoms with van der Waals surface area (Å²) in [6.45, 7) is 4.68. The van der Waals surface area contributed by atoms with Gasteiger partial charge in [0.15, 0.2) is 0 Å². The number of unbranched alkanes of at least 4 members (excludes halogenated alkanes) is 3. The molecule has 1 aromatic rings. The van der Waals surface area contributed by atoms with Crippen molar-refractivity contribution in [2.24, 2.45) is 5.92 Å². The Morgan fingerprint density at radius 1 is 0.895 bits per heavy atom. The Labute approximate surface area is 119 Å². The van der Waals surface area contributed by atoms with Gasteiger partial charge in [0.05, 0.1) is 0 Å². The van der Waals surface area contributed by atoms with Crippen molar-refractivity contribution in [3.05, 3.63) is 35.4 Å². The second kappa shape index (κ2) is 7.72. The summed E-state index contributed by atoms with van der Waals surface area (Å²) in [6.07, 6.45) is 12.4. The second-order valence-corrected chi connectivity index (χ2v) is 6.51. The molecule has 19 heavy (non-hydrogen) atoms. The summed E-state index contributed by atoms with van der Waals surface area (Å²) >= 11 is 0. The molecule has 1 saturated carbocycles. The number of aryl methyl sites for hydroxylation is 1. The smallest absolute Gasteiger partial charge is 0.0162 e. The van der Waals surface area contributed by atoms with Crippen LogP contribution in [0.1, 0.15) is 82.3 Å². The van der Waals surface area contributed by atoms with Gasteiger partial charge < -0.3 is 0 Å². The predicted octanol–water partition coefficient (Wildman–Crippen LogP) is 6.10. The molecule has 0 aliphatic heterocycles. The highest BCUT2D eigenvalue weighted by Crippen LogP contribution is 2.35. The molecule has 106 valence electrons. The summed E-state index contributed by atoms with van der Waals surface area (Å²) < 4.78 is 0. The topological polar surface area (TPSA) is 0 Å². The molecule has 0 radical (unpaired) electrons. The van der Waals surface area contributed by atoms with Gasteiger partial charge >= 0.3 is 0 Å². The third-order valence-electron chi connectivity index (χ3n) is 4.79. The molecule has 0 aromatic heterocycles. The first-order chi connectivity index (χ1) is 9.29. The van der Waals surface area contributed by atoms with Crippen molar-refractivity contribution in [2.45, 2.75) is 77.6 Å². The molecule has 0 spiro atoms. The highest BCUT2D eigenvalue weighted by molar-refractivity contribution is 5.25. The van der Waals surface area contributed by atoms with Gasteiger partial charge in [-0.1, -0.05) is 70.2 Å². The van der Waals surface area contributed by atoms with Crippen LogP contribution in [0.5, 0.6) is 0 Å². The zero-order valence-corrected chi connectivity index (χ0v) is 12.8. The molecule has 1 aliphatic carbocycles. The standard InChI is InChI=1S/C19H30/c1-3-4-5-6-7-17-10-14-19(15-11-17)18-12-8-16(2)9-13-18/h10-11,14-16,18H,3-9,12-13H2,1-2H3. The number of rotatable bonds is 6. The van der Waals surface area contributed by atoms with Crippen molar-refractivity contribution in [3.63, 3.8) is 0 Å². The van der Waals surface area contributed by atoms with Crippen LogP contribution in [0, 0.1) is 5.92 Å². The van der Waals surface area contributed by atoms with E-state index in [1.54, 1.807) is 5.56 Å². The second-order valence-electron chi connectivity index (χ2n) is 6.51. The Bertz CT molecular complexity index is 341. The lowest BCUT2D eigenvalue weighted by Crippen LogP contribution is -2.10. The van der Waals surface area contributed by atoms with Crippen LogP contribution in [-0.4, -0.2) is 0 Å². The minimum Gasteiger partial charge on any atom is -0.0654 e. The van der Waals surface area contributed by atoms with Crippen LogP contribution in [-0.2, 0) is 6.42 Å². The molecule has 1 fully saturated rings. The number of benzene rings is 1. The van der Waals surface area contributed by atoms with E-state index in [0.717, 1.165) is 11.8 Å². The molecule has 1 aromatic carbocycles. The lowest BCUT2D eigenvalue weighted by atomic mass is 9.79. The summed E-state index contributed by atoms with van der Waals surface area (Å²) in [5.41, 5.74) is 3.12. The Balaban J connectivity index is 1.81. The molecular formula is C19H30. The summed E-state index contributed by atoms with van der Waals surface area (Å²) in [4.78, 5) is 0. The van der Waals surface area contributed by atoms with Crippen LogP contribution < -0.4 is 0 Å². The van der Waals surface area contributed by atoms with Crippen molar-refractivity contribution < 1.29 is 0 Å². The molecule has 0 atom stereocenters. The zero-order valence-electron chi connectivity index (χ0n) is 12.8. The van der Waals surface area contributed by atoms with Gasteiger partial charge in [-0.05, 0) is 48.6 Å². The largest absolute Gasteiger partial charge is 0.0654 e. The third-order valence-corrected chi connectivity index (χ3v) is 4.79. The fourth-order valence-corrected chi connectivity index (χ4v) is 3.31. The maximum Gasteiger partial charge on any atom is -0.0162 e. The van der Waals surface area contributed by atoms with E-state index in [1.807, 2.05) is 0 Å². The summed E-state index contributed by atoms with van der Waals surface area (Å²) in [5, 5.41) is 0. The summed E-state index contributed by atoms with van der Waals surface area (Å²) in [7, 11) is 0. The molecule has 0 bridgehead atoms. The monoisotopic (exact) mass is 258 g/mol. The quantitative estimate of drug-likeness (QED) is 0.540. The van der Waals surface area contributed by atoms with Crippen molar-refractivity contribution in [3.8, 4) is 0 Å². The van der Waals surface area contributed by atoms with Gasteiger partial charge in [-0.15, -0.1) is 0 Å². The average molecular weight is 258 g/mol. The van der Waals surface area contributed by atoms with Gasteiger partial charge in [0.25, 0.3) is 0 Å². The van der Waals surface area contributed by atoms with E-state index in [-0.39, 0.29) is 0 Å². The van der Waals surface area contributed by atoms with Crippen LogP contribution in [0.2, 0.25) is 0 Å². The van der Waals surface area contributed by atoms with Crippen molar-refractivity contribution >= 4 is 0 Å². The van der Waals surface area contributed by atoms with E-state index in [1.165, 1.54) is 63.4 Å². The first-order valence-corrected chi connectivity index (χ1v) is 8.38. The van der Waals surface area contributed by atoms with E-state index < -0.39 is 0 Å². The zero-order chi connectivity index (χ0) is 13.5. The van der Waals surface area contributed by atoms with Gasteiger partial charge in [-0.3, -0.25) is 0 Å². The molecule has 0 nitrogen and oxygen atoms in total. The fourth-order valence-electron chi connectivity index (χ4n) is 3.31. The highest BCUT2D eigenvalue weighted by Gasteiger charge is 2.19. The lowest BCUT2D eigenvalue weighted by molar-refractivity contribution is 0.348. The van der Waals surface area contributed by atoms with Crippen LogP contribution in [0.25, 0.3) is 0 Å². The molecule has 0 heterocycles. The van der Waals surface area contributed by atoms with Crippen LogP contribution in [0.3, 0.4) is 0 Å². The molecule has 0 amide bonds. The summed E-state index contributed by atoms with van der Waals surface area (Å²) in [6, 6.07) is 9.55. The van der Waals surface area contributed by atoms with E-state index >= 15 is 0 Å². The lowest BCUT2D eigenvalue weighted by Gasteiger charge is -2.26. The van der Waals surface area contributed by atoms with Crippen LogP contribution in [0.15, 0.2) is 24.3 Å². The maximum absolute atomic E-state index is 2.40. The fraction of sp³-hybridized carbons (Fsp3) is 0.684. The normalized spacial score (nSPS) is 23.5. The highest BCUT2D eigenvalue weighted by atomic mass is 14.2. The minimum atomic E-state index is 0.838. The number of hydrogen-bond donors (Lipinski definition) is 0. The van der Waals surface area contributed by atoms with Crippen LogP contribution >= 0.6 is 0 Å². The molecule has 2 rings (SSSR count). The van der Waals surface area contributed by atoms with E-state index in [9.17, 15) is 0 Å². The van der Waals surface area contributed by atoms with Gasteiger partial charge in [-0.2, -0.15) is 0 Å². The molecule has 1 aliphatic rings. The Hall–Kier alpha value is -0.780. The third kappa shape index (κ3) is 4.67.